The highest BCUT2D eigenvalue weighted by Gasteiger charge is 2.38. The van der Waals surface area contributed by atoms with E-state index in [9.17, 15) is 0 Å². The molecule has 0 aromatic rings. The van der Waals surface area contributed by atoms with Crippen molar-refractivity contribution in [3.8, 4) is 0 Å². The maximum Gasteiger partial charge on any atom is 0.249 e. The Morgan fingerprint density at radius 3 is 1.77 bits per heavy atom. The molecule has 0 N–H and O–H groups in total. The molecule has 0 aliphatic carbocycles. The van der Waals surface area contributed by atoms with Gasteiger partial charge < -0.3 is 4.43 Å². The first-order valence-corrected chi connectivity index (χ1v) is 8.82. The largest absolute Gasteiger partial charge is 0.552 e. The molecular weight excluding hydrogens is 192 g/mol. The Hall–Kier alpha value is -0.0262. The maximum atomic E-state index is 6.14. The third-order valence-corrected chi connectivity index (χ3v) is 8.96. The van der Waals surface area contributed by atoms with E-state index in [1.165, 1.54) is 11.0 Å². The van der Waals surface area contributed by atoms with Gasteiger partial charge in [-0.1, -0.05) is 20.8 Å². The van der Waals surface area contributed by atoms with Crippen molar-refractivity contribution in [2.24, 2.45) is 0 Å². The van der Waals surface area contributed by atoms with Crippen LogP contribution in [0.5, 0.6) is 0 Å². The summed E-state index contributed by atoms with van der Waals surface area (Å²) in [6, 6.07) is 0. The van der Waals surface area contributed by atoms with Crippen molar-refractivity contribution >= 4 is 18.6 Å². The van der Waals surface area contributed by atoms with E-state index in [0.717, 1.165) is 10.2 Å². The standard InChI is InChI=1S/C10H24OSi2/c1-8(2)9(12)11-13(6,7)10(3,4)5/h1-7,12H3. The minimum Gasteiger partial charge on any atom is -0.552 e. The number of hydrogen-bond acceptors (Lipinski definition) is 1. The second-order valence-corrected chi connectivity index (χ2v) is 11.1. The molecule has 0 aromatic heterocycles. The van der Waals surface area contributed by atoms with Crippen LogP contribution in [0.4, 0.5) is 0 Å². The Balaban J connectivity index is 4.63. The normalized spacial score (nSPS) is 12.8. The van der Waals surface area contributed by atoms with E-state index in [1.54, 1.807) is 0 Å². The molecule has 0 amide bonds. The first kappa shape index (κ1) is 13.0. The van der Waals surface area contributed by atoms with Gasteiger partial charge in [-0.05, 0) is 37.6 Å². The quantitative estimate of drug-likeness (QED) is 0.509. The predicted octanol–water partition coefficient (Wildman–Crippen LogP) is 2.63. The van der Waals surface area contributed by atoms with Gasteiger partial charge in [0.2, 0.25) is 8.32 Å². The summed E-state index contributed by atoms with van der Waals surface area (Å²) in [6.45, 7) is 15.7. The zero-order valence-electron chi connectivity index (χ0n) is 10.4. The smallest absolute Gasteiger partial charge is 0.249 e. The summed E-state index contributed by atoms with van der Waals surface area (Å²) < 4.78 is 6.14. The molecule has 3 heteroatoms. The molecule has 0 fully saturated rings. The van der Waals surface area contributed by atoms with Crippen LogP contribution < -0.4 is 0 Å². The second kappa shape index (κ2) is 4.01. The van der Waals surface area contributed by atoms with Gasteiger partial charge in [-0.25, -0.2) is 0 Å². The minimum atomic E-state index is -1.55. The van der Waals surface area contributed by atoms with E-state index < -0.39 is 8.32 Å². The van der Waals surface area contributed by atoms with Crippen LogP contribution in [0.3, 0.4) is 0 Å². The fourth-order valence-corrected chi connectivity index (χ4v) is 3.44. The third-order valence-electron chi connectivity index (χ3n) is 2.92. The van der Waals surface area contributed by atoms with E-state index in [2.05, 4.69) is 47.7 Å². The van der Waals surface area contributed by atoms with Crippen LogP contribution >= 0.6 is 0 Å². The Bertz CT molecular complexity index is 207. The van der Waals surface area contributed by atoms with Gasteiger partial charge in [0.1, 0.15) is 0 Å². The van der Waals surface area contributed by atoms with Crippen molar-refractivity contribution in [3.05, 3.63) is 11.0 Å². The minimum absolute atomic E-state index is 0.318. The lowest BCUT2D eigenvalue weighted by Crippen LogP contribution is -2.40. The number of allylic oxidation sites excluding steroid dienone is 1. The molecule has 13 heavy (non-hydrogen) atoms. The summed E-state index contributed by atoms with van der Waals surface area (Å²) in [6.07, 6.45) is 0. The Morgan fingerprint density at radius 1 is 1.15 bits per heavy atom. The van der Waals surface area contributed by atoms with E-state index in [1.807, 2.05) is 0 Å². The zero-order chi connectivity index (χ0) is 10.9. The van der Waals surface area contributed by atoms with Crippen molar-refractivity contribution in [2.45, 2.75) is 52.8 Å². The molecule has 0 spiro atoms. The molecule has 0 radical (unpaired) electrons. The monoisotopic (exact) mass is 216 g/mol. The third kappa shape index (κ3) is 3.69. The Morgan fingerprint density at radius 2 is 1.54 bits per heavy atom. The van der Waals surface area contributed by atoms with Crippen LogP contribution in [0.2, 0.25) is 18.1 Å². The van der Waals surface area contributed by atoms with Crippen molar-refractivity contribution in [2.75, 3.05) is 0 Å². The Kier molecular flexibility index (Phi) is 4.00. The highest BCUT2D eigenvalue weighted by Crippen LogP contribution is 2.37. The van der Waals surface area contributed by atoms with E-state index in [-0.39, 0.29) is 0 Å². The SMILES string of the molecule is CC(C)=C([SiH3])O[Si](C)(C)C(C)(C)C. The van der Waals surface area contributed by atoms with Crippen molar-refractivity contribution in [3.63, 3.8) is 0 Å². The fourth-order valence-electron chi connectivity index (χ4n) is 0.638. The summed E-state index contributed by atoms with van der Waals surface area (Å²) in [5.74, 6) is 0. The van der Waals surface area contributed by atoms with Gasteiger partial charge in [-0.15, -0.1) is 0 Å². The second-order valence-electron chi connectivity index (χ2n) is 5.42. The molecule has 0 bridgehead atoms. The Labute approximate surface area is 87.1 Å². The molecule has 0 unspecified atom stereocenters. The molecule has 0 aromatic carbocycles. The molecule has 0 aliphatic rings. The van der Waals surface area contributed by atoms with Crippen LogP contribution in [0.25, 0.3) is 0 Å². The summed E-state index contributed by atoms with van der Waals surface area (Å²) in [7, 11) is -0.524. The van der Waals surface area contributed by atoms with Crippen LogP contribution in [0.15, 0.2) is 11.0 Å². The topological polar surface area (TPSA) is 9.23 Å². The molecule has 0 saturated carbocycles. The van der Waals surface area contributed by atoms with E-state index in [4.69, 9.17) is 4.43 Å². The lowest BCUT2D eigenvalue weighted by molar-refractivity contribution is 0.410. The first-order chi connectivity index (χ1) is 5.58. The van der Waals surface area contributed by atoms with Gasteiger partial charge >= 0.3 is 0 Å². The maximum absolute atomic E-state index is 6.14. The van der Waals surface area contributed by atoms with Crippen LogP contribution in [-0.4, -0.2) is 18.6 Å². The predicted molar refractivity (Wildman–Crippen MR) is 66.6 cm³/mol. The van der Waals surface area contributed by atoms with Crippen molar-refractivity contribution < 1.29 is 4.43 Å². The summed E-state index contributed by atoms with van der Waals surface area (Å²) in [5.41, 5.74) is 1.34. The molecule has 78 valence electrons. The molecular formula is C10H24OSi2. The van der Waals surface area contributed by atoms with Gasteiger partial charge in [0.25, 0.3) is 0 Å². The highest BCUT2D eigenvalue weighted by atomic mass is 28.4. The van der Waals surface area contributed by atoms with Gasteiger partial charge in [-0.3, -0.25) is 0 Å². The first-order valence-electron chi connectivity index (χ1n) is 4.91. The average Bonchev–Trinajstić information content (AvgIpc) is 1.83. The molecule has 0 rings (SSSR count). The lowest BCUT2D eigenvalue weighted by atomic mass is 10.2. The number of hydrogen-bond donors (Lipinski definition) is 0. The molecule has 0 aliphatic heterocycles. The van der Waals surface area contributed by atoms with Crippen LogP contribution in [0.1, 0.15) is 34.6 Å². The molecule has 0 saturated heterocycles. The van der Waals surface area contributed by atoms with Crippen LogP contribution in [-0.2, 0) is 4.43 Å². The lowest BCUT2D eigenvalue weighted by Gasteiger charge is -2.37. The summed E-state index contributed by atoms with van der Waals surface area (Å²) in [4.78, 5) is 0. The summed E-state index contributed by atoms with van der Waals surface area (Å²) in [5, 5.41) is 1.56. The average molecular weight is 216 g/mol. The van der Waals surface area contributed by atoms with Gasteiger partial charge in [0, 0.05) is 5.38 Å². The van der Waals surface area contributed by atoms with Gasteiger partial charge in [-0.2, -0.15) is 0 Å². The van der Waals surface area contributed by atoms with Crippen LogP contribution in [0, 0.1) is 0 Å². The highest BCUT2D eigenvalue weighted by molar-refractivity contribution is 6.74. The van der Waals surface area contributed by atoms with E-state index in [0.29, 0.717) is 5.04 Å². The van der Waals surface area contributed by atoms with Crippen molar-refractivity contribution in [1.82, 2.24) is 0 Å². The molecule has 0 heterocycles. The van der Waals surface area contributed by atoms with Gasteiger partial charge in [0.15, 0.2) is 0 Å². The molecule has 0 atom stereocenters. The van der Waals surface area contributed by atoms with Crippen molar-refractivity contribution in [1.29, 1.82) is 0 Å². The fraction of sp³-hybridized carbons (Fsp3) is 0.800. The summed E-state index contributed by atoms with van der Waals surface area (Å²) >= 11 is 0. The van der Waals surface area contributed by atoms with Gasteiger partial charge in [0.05, 0.1) is 10.2 Å². The number of rotatable bonds is 2. The zero-order valence-corrected chi connectivity index (χ0v) is 13.4. The van der Waals surface area contributed by atoms with E-state index >= 15 is 0 Å². The molecule has 1 nitrogen and oxygen atoms in total.